The zero-order valence-electron chi connectivity index (χ0n) is 14.0. The van der Waals surface area contributed by atoms with Crippen LogP contribution in [0.4, 0.5) is 0 Å². The lowest BCUT2D eigenvalue weighted by Crippen LogP contribution is -1.92. The third-order valence-corrected chi connectivity index (χ3v) is 5.67. The molecule has 0 saturated heterocycles. The summed E-state index contributed by atoms with van der Waals surface area (Å²) in [6, 6.07) is 27.7. The Bertz CT molecular complexity index is 1490. The first-order valence-electron chi connectivity index (χ1n) is 8.83. The molecule has 0 aliphatic heterocycles. The van der Waals surface area contributed by atoms with E-state index in [0.29, 0.717) is 0 Å². The minimum Gasteiger partial charge on any atom is -0.298 e. The summed E-state index contributed by atoms with van der Waals surface area (Å²) < 4.78 is 0. The standard InChI is InChI=1S/C25H14O/c26-14-23-19-8-4-3-7-18(19)21-12-11-20-17-6-2-1-5-15(17)13-16-9-10-22(23)25(21)24(16)20/h1-14H. The fraction of sp³-hybridized carbons (Fsp3) is 0. The molecule has 120 valence electrons. The fourth-order valence-electron chi connectivity index (χ4n) is 4.58. The van der Waals surface area contributed by atoms with E-state index in [4.69, 9.17) is 0 Å². The van der Waals surface area contributed by atoms with Gasteiger partial charge in [-0.05, 0) is 59.9 Å². The highest BCUT2D eigenvalue weighted by Crippen LogP contribution is 2.42. The van der Waals surface area contributed by atoms with Crippen LogP contribution in [-0.2, 0) is 0 Å². The number of benzene rings is 6. The summed E-state index contributed by atoms with van der Waals surface area (Å²) in [6.45, 7) is 0. The molecule has 0 radical (unpaired) electrons. The molecule has 0 fully saturated rings. The molecule has 0 N–H and O–H groups in total. The third-order valence-electron chi connectivity index (χ3n) is 5.67. The number of aldehydes is 1. The average Bonchev–Trinajstić information content (AvgIpc) is 2.71. The molecule has 0 bridgehead atoms. The van der Waals surface area contributed by atoms with E-state index in [2.05, 4.69) is 60.7 Å². The Balaban J connectivity index is 2.02. The van der Waals surface area contributed by atoms with Crippen molar-refractivity contribution in [3.63, 3.8) is 0 Å². The summed E-state index contributed by atoms with van der Waals surface area (Å²) in [5, 5.41) is 11.9. The molecule has 0 atom stereocenters. The molecule has 1 nitrogen and oxygen atoms in total. The number of rotatable bonds is 1. The van der Waals surface area contributed by atoms with E-state index >= 15 is 0 Å². The van der Waals surface area contributed by atoms with Gasteiger partial charge in [0, 0.05) is 5.56 Å². The summed E-state index contributed by atoms with van der Waals surface area (Å²) in [5.41, 5.74) is 0.788. The molecule has 0 aromatic heterocycles. The normalized spacial score (nSPS) is 12.0. The smallest absolute Gasteiger partial charge is 0.151 e. The molecular formula is C25H14O. The van der Waals surface area contributed by atoms with Crippen LogP contribution in [0.2, 0.25) is 0 Å². The highest BCUT2D eigenvalue weighted by atomic mass is 16.1. The van der Waals surface area contributed by atoms with Crippen molar-refractivity contribution in [2.24, 2.45) is 0 Å². The Morgan fingerprint density at radius 3 is 1.96 bits per heavy atom. The van der Waals surface area contributed by atoms with Gasteiger partial charge < -0.3 is 0 Å². The maximum Gasteiger partial charge on any atom is 0.151 e. The highest BCUT2D eigenvalue weighted by Gasteiger charge is 2.16. The quantitative estimate of drug-likeness (QED) is 0.186. The van der Waals surface area contributed by atoms with Gasteiger partial charge in [-0.15, -0.1) is 0 Å². The molecule has 0 heterocycles. The molecule has 0 aliphatic carbocycles. The van der Waals surface area contributed by atoms with E-state index in [-0.39, 0.29) is 0 Å². The molecule has 6 aromatic rings. The maximum absolute atomic E-state index is 12.0. The van der Waals surface area contributed by atoms with Crippen LogP contribution >= 0.6 is 0 Å². The van der Waals surface area contributed by atoms with E-state index in [1.165, 1.54) is 37.7 Å². The van der Waals surface area contributed by atoms with Crippen LogP contribution in [0, 0.1) is 0 Å². The number of hydrogen-bond acceptors (Lipinski definition) is 1. The van der Waals surface area contributed by atoms with Crippen molar-refractivity contribution >= 4 is 60.1 Å². The summed E-state index contributed by atoms with van der Waals surface area (Å²) in [4.78, 5) is 12.0. The predicted molar refractivity (Wildman–Crippen MR) is 111 cm³/mol. The fourth-order valence-corrected chi connectivity index (χ4v) is 4.58. The molecule has 6 rings (SSSR count). The van der Waals surface area contributed by atoms with Crippen LogP contribution in [-0.4, -0.2) is 6.29 Å². The Kier molecular flexibility index (Phi) is 2.55. The van der Waals surface area contributed by atoms with Crippen molar-refractivity contribution in [2.45, 2.75) is 0 Å². The molecule has 26 heavy (non-hydrogen) atoms. The Morgan fingerprint density at radius 1 is 0.500 bits per heavy atom. The molecule has 6 aromatic carbocycles. The summed E-state index contributed by atoms with van der Waals surface area (Å²) >= 11 is 0. The summed E-state index contributed by atoms with van der Waals surface area (Å²) in [7, 11) is 0. The van der Waals surface area contributed by atoms with Crippen molar-refractivity contribution in [3.05, 3.63) is 84.4 Å². The van der Waals surface area contributed by atoms with Gasteiger partial charge in [0.25, 0.3) is 0 Å². The number of carbonyl (C=O) groups is 1. The lowest BCUT2D eigenvalue weighted by atomic mass is 9.86. The van der Waals surface area contributed by atoms with Gasteiger partial charge in [0.05, 0.1) is 0 Å². The zero-order valence-corrected chi connectivity index (χ0v) is 14.0. The minimum absolute atomic E-state index is 0.788. The SMILES string of the molecule is O=Cc1c2ccccc2c2ccc3c4ccccc4cc4ccc1c2c43. The molecule has 0 spiro atoms. The molecule has 0 amide bonds. The van der Waals surface area contributed by atoms with Crippen molar-refractivity contribution < 1.29 is 4.79 Å². The predicted octanol–water partition coefficient (Wildman–Crippen LogP) is 6.70. The van der Waals surface area contributed by atoms with Crippen LogP contribution in [0.1, 0.15) is 10.4 Å². The first kappa shape index (κ1) is 13.8. The number of hydrogen-bond donors (Lipinski definition) is 0. The van der Waals surface area contributed by atoms with Crippen molar-refractivity contribution in [1.29, 1.82) is 0 Å². The summed E-state index contributed by atoms with van der Waals surface area (Å²) in [5.74, 6) is 0. The highest BCUT2D eigenvalue weighted by molar-refractivity contribution is 6.35. The van der Waals surface area contributed by atoms with Crippen LogP contribution in [0.3, 0.4) is 0 Å². The Hall–Kier alpha value is -3.45. The Labute approximate surface area is 149 Å². The largest absolute Gasteiger partial charge is 0.298 e. The van der Waals surface area contributed by atoms with Gasteiger partial charge in [-0.1, -0.05) is 72.8 Å². The molecule has 0 unspecified atom stereocenters. The summed E-state index contributed by atoms with van der Waals surface area (Å²) in [6.07, 6.45) is 1.01. The van der Waals surface area contributed by atoms with E-state index in [9.17, 15) is 4.79 Å². The number of fused-ring (bicyclic) bond motifs is 4. The monoisotopic (exact) mass is 330 g/mol. The Morgan fingerprint density at radius 2 is 1.15 bits per heavy atom. The molecule has 0 saturated carbocycles. The molecule has 0 aliphatic rings. The van der Waals surface area contributed by atoms with Crippen LogP contribution in [0.5, 0.6) is 0 Å². The van der Waals surface area contributed by atoms with E-state index < -0.39 is 0 Å². The van der Waals surface area contributed by atoms with E-state index in [1.54, 1.807) is 0 Å². The van der Waals surface area contributed by atoms with E-state index in [0.717, 1.165) is 28.0 Å². The second-order valence-electron chi connectivity index (χ2n) is 6.92. The minimum atomic E-state index is 0.788. The van der Waals surface area contributed by atoms with Crippen molar-refractivity contribution in [3.8, 4) is 0 Å². The van der Waals surface area contributed by atoms with Gasteiger partial charge in [-0.2, -0.15) is 0 Å². The van der Waals surface area contributed by atoms with Gasteiger partial charge in [0.1, 0.15) is 0 Å². The lowest BCUT2D eigenvalue weighted by Gasteiger charge is -2.16. The first-order valence-corrected chi connectivity index (χ1v) is 8.83. The molecular weight excluding hydrogens is 316 g/mol. The van der Waals surface area contributed by atoms with Crippen molar-refractivity contribution in [1.82, 2.24) is 0 Å². The van der Waals surface area contributed by atoms with Gasteiger partial charge in [0.2, 0.25) is 0 Å². The van der Waals surface area contributed by atoms with Gasteiger partial charge >= 0.3 is 0 Å². The van der Waals surface area contributed by atoms with Gasteiger partial charge in [0.15, 0.2) is 6.29 Å². The third kappa shape index (κ3) is 1.58. The first-order chi connectivity index (χ1) is 12.9. The van der Waals surface area contributed by atoms with Gasteiger partial charge in [-0.3, -0.25) is 4.79 Å². The lowest BCUT2D eigenvalue weighted by molar-refractivity contribution is 0.112. The second kappa shape index (κ2) is 4.80. The second-order valence-corrected chi connectivity index (χ2v) is 6.92. The topological polar surface area (TPSA) is 17.1 Å². The van der Waals surface area contributed by atoms with E-state index in [1.807, 2.05) is 18.2 Å². The maximum atomic E-state index is 12.0. The van der Waals surface area contributed by atoms with Crippen LogP contribution in [0.25, 0.3) is 53.9 Å². The number of carbonyl (C=O) groups excluding carboxylic acids is 1. The zero-order chi connectivity index (χ0) is 17.3. The van der Waals surface area contributed by atoms with Crippen LogP contribution in [0.15, 0.2) is 78.9 Å². The van der Waals surface area contributed by atoms with Crippen LogP contribution < -0.4 is 0 Å². The average molecular weight is 330 g/mol. The van der Waals surface area contributed by atoms with Crippen molar-refractivity contribution in [2.75, 3.05) is 0 Å². The molecule has 1 heteroatoms. The van der Waals surface area contributed by atoms with Gasteiger partial charge in [-0.25, -0.2) is 0 Å².